The van der Waals surface area contributed by atoms with E-state index in [0.29, 0.717) is 0 Å². The summed E-state index contributed by atoms with van der Waals surface area (Å²) in [5, 5.41) is 19.0. The van der Waals surface area contributed by atoms with Gasteiger partial charge >= 0.3 is 0 Å². The highest BCUT2D eigenvalue weighted by Crippen LogP contribution is 2.30. The Hall–Kier alpha value is -0.160. The molecule has 11 heavy (non-hydrogen) atoms. The van der Waals surface area contributed by atoms with Gasteiger partial charge in [0.2, 0.25) is 0 Å². The van der Waals surface area contributed by atoms with Crippen LogP contribution in [0.15, 0.2) is 0 Å². The molecule has 4 heteroatoms. The molecule has 0 aromatic heterocycles. The minimum atomic E-state index is -1.30. The van der Waals surface area contributed by atoms with Crippen molar-refractivity contribution >= 4 is 0 Å². The Morgan fingerprint density at radius 2 is 2.09 bits per heavy atom. The average molecular weight is 162 g/mol. The Morgan fingerprint density at radius 3 is 2.27 bits per heavy atom. The lowest BCUT2D eigenvalue weighted by Crippen LogP contribution is -2.45. The fourth-order valence-electron chi connectivity index (χ4n) is 1.32. The van der Waals surface area contributed by atoms with Crippen LogP contribution in [-0.2, 0) is 9.47 Å². The van der Waals surface area contributed by atoms with Crippen LogP contribution in [0.5, 0.6) is 0 Å². The third-order valence-electron chi connectivity index (χ3n) is 2.07. The van der Waals surface area contributed by atoms with E-state index in [9.17, 15) is 10.2 Å². The van der Waals surface area contributed by atoms with Crippen molar-refractivity contribution in [2.24, 2.45) is 0 Å². The van der Waals surface area contributed by atoms with Crippen molar-refractivity contribution in [3.63, 3.8) is 0 Å². The van der Waals surface area contributed by atoms with Gasteiger partial charge in [0.1, 0.15) is 11.7 Å². The molecular weight excluding hydrogens is 148 g/mol. The summed E-state index contributed by atoms with van der Waals surface area (Å²) in [6.45, 7) is 3.19. The van der Waals surface area contributed by atoms with E-state index in [0.717, 1.165) is 0 Å². The number of aliphatic hydroxyl groups excluding tert-OH is 1. The Kier molecular flexibility index (Phi) is 2.20. The van der Waals surface area contributed by atoms with Gasteiger partial charge in [-0.3, -0.25) is 0 Å². The van der Waals surface area contributed by atoms with Crippen LogP contribution in [0.25, 0.3) is 0 Å². The maximum atomic E-state index is 9.59. The first kappa shape index (κ1) is 8.93. The summed E-state index contributed by atoms with van der Waals surface area (Å²) < 4.78 is 9.95. The number of ether oxygens (including phenoxy) is 2. The van der Waals surface area contributed by atoms with Crippen LogP contribution in [0.3, 0.4) is 0 Å². The van der Waals surface area contributed by atoms with Gasteiger partial charge in [0.25, 0.3) is 0 Å². The highest BCUT2D eigenvalue weighted by atomic mass is 16.7. The number of hydrogen-bond donors (Lipinski definition) is 2. The highest BCUT2D eigenvalue weighted by molar-refractivity contribution is 4.95. The second-order valence-corrected chi connectivity index (χ2v) is 3.08. The maximum Gasteiger partial charge on any atom is 0.188 e. The molecule has 0 aliphatic carbocycles. The minimum absolute atomic E-state index is 0.380. The third kappa shape index (κ3) is 1.27. The lowest BCUT2D eigenvalue weighted by Gasteiger charge is -2.24. The lowest BCUT2D eigenvalue weighted by molar-refractivity contribution is -0.184. The van der Waals surface area contributed by atoms with Gasteiger partial charge in [0, 0.05) is 7.11 Å². The van der Waals surface area contributed by atoms with Crippen molar-refractivity contribution in [1.29, 1.82) is 0 Å². The highest BCUT2D eigenvalue weighted by Gasteiger charge is 2.50. The van der Waals surface area contributed by atoms with E-state index < -0.39 is 18.0 Å². The molecule has 66 valence electrons. The quantitative estimate of drug-likeness (QED) is 0.545. The SMILES string of the molecule is COC1O[C@H](C)[C@@H](O)[C@@]1(C)O. The van der Waals surface area contributed by atoms with Crippen LogP contribution in [0.2, 0.25) is 0 Å². The number of aliphatic hydroxyl groups is 2. The predicted molar refractivity (Wildman–Crippen MR) is 38.0 cm³/mol. The Labute approximate surface area is 65.7 Å². The van der Waals surface area contributed by atoms with Gasteiger partial charge in [-0.05, 0) is 13.8 Å². The molecular formula is C7H14O4. The van der Waals surface area contributed by atoms with E-state index in [4.69, 9.17) is 9.47 Å². The van der Waals surface area contributed by atoms with Crippen LogP contribution in [0, 0.1) is 0 Å². The summed E-state index contributed by atoms with van der Waals surface area (Å²) >= 11 is 0. The molecule has 0 amide bonds. The van der Waals surface area contributed by atoms with Gasteiger partial charge in [0.05, 0.1) is 6.10 Å². The zero-order chi connectivity index (χ0) is 8.65. The molecule has 0 aromatic rings. The first-order valence-electron chi connectivity index (χ1n) is 3.59. The second-order valence-electron chi connectivity index (χ2n) is 3.08. The zero-order valence-corrected chi connectivity index (χ0v) is 6.94. The largest absolute Gasteiger partial charge is 0.387 e. The summed E-state index contributed by atoms with van der Waals surface area (Å²) in [5.41, 5.74) is -1.30. The summed E-state index contributed by atoms with van der Waals surface area (Å²) in [6.07, 6.45) is -1.99. The van der Waals surface area contributed by atoms with Gasteiger partial charge in [0.15, 0.2) is 6.29 Å². The Morgan fingerprint density at radius 1 is 1.55 bits per heavy atom. The van der Waals surface area contributed by atoms with Crippen molar-refractivity contribution in [2.75, 3.05) is 7.11 Å². The summed E-state index contributed by atoms with van der Waals surface area (Å²) in [5.74, 6) is 0. The molecule has 4 atom stereocenters. The van der Waals surface area contributed by atoms with E-state index in [1.54, 1.807) is 6.92 Å². The van der Waals surface area contributed by atoms with Crippen LogP contribution in [0.1, 0.15) is 13.8 Å². The molecule has 1 fully saturated rings. The normalized spacial score (nSPS) is 51.5. The third-order valence-corrected chi connectivity index (χ3v) is 2.07. The van der Waals surface area contributed by atoms with Gasteiger partial charge in [-0.15, -0.1) is 0 Å². The summed E-state index contributed by atoms with van der Waals surface area (Å²) in [6, 6.07) is 0. The van der Waals surface area contributed by atoms with Crippen molar-refractivity contribution in [3.8, 4) is 0 Å². The molecule has 2 N–H and O–H groups in total. The fourth-order valence-corrected chi connectivity index (χ4v) is 1.32. The van der Waals surface area contributed by atoms with E-state index >= 15 is 0 Å². The lowest BCUT2D eigenvalue weighted by atomic mass is 9.98. The van der Waals surface area contributed by atoms with Gasteiger partial charge < -0.3 is 19.7 Å². The average Bonchev–Trinajstić information content (AvgIpc) is 2.13. The molecule has 4 nitrogen and oxygen atoms in total. The standard InChI is InChI=1S/C7H14O4/c1-4-5(8)7(2,9)6(10-3)11-4/h4-6,8-9H,1-3H3/t4-,5-,6?,7-/m1/s1. The number of methoxy groups -OCH3 is 1. The zero-order valence-electron chi connectivity index (χ0n) is 6.94. The molecule has 0 bridgehead atoms. The maximum absolute atomic E-state index is 9.59. The molecule has 1 unspecified atom stereocenters. The Bertz CT molecular complexity index is 145. The van der Waals surface area contributed by atoms with Crippen LogP contribution in [0.4, 0.5) is 0 Å². The summed E-state index contributed by atoms with van der Waals surface area (Å²) in [7, 11) is 1.43. The van der Waals surface area contributed by atoms with Crippen molar-refractivity contribution in [1.82, 2.24) is 0 Å². The van der Waals surface area contributed by atoms with E-state index in [1.165, 1.54) is 14.0 Å². The van der Waals surface area contributed by atoms with E-state index in [-0.39, 0.29) is 6.10 Å². The second kappa shape index (κ2) is 2.71. The fraction of sp³-hybridized carbons (Fsp3) is 1.00. The molecule has 1 aliphatic rings. The van der Waals surface area contributed by atoms with Crippen molar-refractivity contribution < 1.29 is 19.7 Å². The van der Waals surface area contributed by atoms with E-state index in [1.807, 2.05) is 0 Å². The van der Waals surface area contributed by atoms with Gasteiger partial charge in [-0.1, -0.05) is 0 Å². The molecule has 1 heterocycles. The molecule has 1 rings (SSSR count). The smallest absolute Gasteiger partial charge is 0.188 e. The first-order valence-corrected chi connectivity index (χ1v) is 3.59. The van der Waals surface area contributed by atoms with E-state index in [2.05, 4.69) is 0 Å². The molecule has 0 spiro atoms. The van der Waals surface area contributed by atoms with Gasteiger partial charge in [-0.25, -0.2) is 0 Å². The van der Waals surface area contributed by atoms with Crippen LogP contribution in [-0.4, -0.2) is 41.4 Å². The first-order chi connectivity index (χ1) is 5.00. The molecule has 0 radical (unpaired) electrons. The predicted octanol–water partition coefficient (Wildman–Crippen LogP) is -0.510. The number of hydrogen-bond acceptors (Lipinski definition) is 4. The molecule has 0 aromatic carbocycles. The number of rotatable bonds is 1. The van der Waals surface area contributed by atoms with Crippen LogP contribution < -0.4 is 0 Å². The molecule has 1 aliphatic heterocycles. The molecule has 0 saturated carbocycles. The minimum Gasteiger partial charge on any atom is -0.387 e. The van der Waals surface area contributed by atoms with Crippen LogP contribution >= 0.6 is 0 Å². The Balaban J connectivity index is 2.74. The van der Waals surface area contributed by atoms with Gasteiger partial charge in [-0.2, -0.15) is 0 Å². The van der Waals surface area contributed by atoms with Crippen molar-refractivity contribution in [2.45, 2.75) is 37.9 Å². The molecule has 1 saturated heterocycles. The summed E-state index contributed by atoms with van der Waals surface area (Å²) in [4.78, 5) is 0. The topological polar surface area (TPSA) is 58.9 Å². The monoisotopic (exact) mass is 162 g/mol. The van der Waals surface area contributed by atoms with Crippen molar-refractivity contribution in [3.05, 3.63) is 0 Å².